The molecule has 1 aromatic heterocycles. The van der Waals surface area contributed by atoms with Crippen molar-refractivity contribution in [2.75, 3.05) is 31.1 Å². The zero-order chi connectivity index (χ0) is 14.5. The third kappa shape index (κ3) is 3.51. The molecule has 2 rings (SSSR count). The Morgan fingerprint density at radius 1 is 1.25 bits per heavy atom. The molecule has 2 N–H and O–H groups in total. The van der Waals surface area contributed by atoms with E-state index in [-0.39, 0.29) is 0 Å². The number of rotatable bonds is 6. The number of aryl methyl sites for hydroxylation is 1. The van der Waals surface area contributed by atoms with Gasteiger partial charge < -0.3 is 10.6 Å². The van der Waals surface area contributed by atoms with Crippen molar-refractivity contribution in [3.05, 3.63) is 10.6 Å². The van der Waals surface area contributed by atoms with Crippen molar-refractivity contribution in [3.63, 3.8) is 0 Å². The van der Waals surface area contributed by atoms with Crippen LogP contribution in [-0.2, 0) is 13.0 Å². The van der Waals surface area contributed by atoms with Crippen molar-refractivity contribution in [3.8, 4) is 0 Å². The highest BCUT2D eigenvalue weighted by atomic mass is 32.1. The number of thiazole rings is 1. The minimum Gasteiger partial charge on any atom is -0.346 e. The van der Waals surface area contributed by atoms with E-state index in [1.165, 1.54) is 22.1 Å². The smallest absolute Gasteiger partial charge is 0.185 e. The first-order chi connectivity index (χ1) is 9.69. The van der Waals surface area contributed by atoms with Crippen LogP contribution in [0.5, 0.6) is 0 Å². The van der Waals surface area contributed by atoms with Gasteiger partial charge in [-0.1, -0.05) is 20.3 Å². The van der Waals surface area contributed by atoms with Crippen molar-refractivity contribution in [1.29, 1.82) is 0 Å². The highest BCUT2D eigenvalue weighted by Crippen LogP contribution is 2.28. The van der Waals surface area contributed by atoms with Gasteiger partial charge in [0, 0.05) is 43.6 Å². The normalized spacial score (nSPS) is 18.5. The quantitative estimate of drug-likeness (QED) is 0.876. The van der Waals surface area contributed by atoms with Gasteiger partial charge in [0.1, 0.15) is 0 Å². The van der Waals surface area contributed by atoms with Crippen LogP contribution in [0.1, 0.15) is 44.2 Å². The Hall–Kier alpha value is -0.650. The van der Waals surface area contributed by atoms with E-state index in [1.807, 2.05) is 0 Å². The summed E-state index contributed by atoms with van der Waals surface area (Å²) in [6.45, 7) is 11.9. The molecule has 0 amide bonds. The number of hydrogen-bond donors (Lipinski definition) is 1. The molecule has 1 aliphatic heterocycles. The molecule has 0 spiro atoms. The maximum Gasteiger partial charge on any atom is 0.185 e. The first-order valence-corrected chi connectivity index (χ1v) is 8.68. The van der Waals surface area contributed by atoms with Gasteiger partial charge in [-0.25, -0.2) is 4.98 Å². The lowest BCUT2D eigenvalue weighted by Crippen LogP contribution is -2.49. The highest BCUT2D eigenvalue weighted by molar-refractivity contribution is 7.15. The molecule has 1 unspecified atom stereocenters. The summed E-state index contributed by atoms with van der Waals surface area (Å²) in [4.78, 5) is 11.1. The van der Waals surface area contributed by atoms with E-state index in [9.17, 15) is 0 Å². The molecule has 0 aromatic carbocycles. The standard InChI is InChI=1S/C15H28N4S/c1-4-6-13-14(11-16)20-15(17-13)19-9-7-18(8-10-19)12(3)5-2/h12H,4-11,16H2,1-3H3. The second-order valence-corrected chi connectivity index (χ2v) is 6.66. The summed E-state index contributed by atoms with van der Waals surface area (Å²) in [7, 11) is 0. The molecule has 0 radical (unpaired) electrons. The zero-order valence-electron chi connectivity index (χ0n) is 13.1. The van der Waals surface area contributed by atoms with Crippen molar-refractivity contribution in [2.24, 2.45) is 5.73 Å². The third-order valence-corrected chi connectivity index (χ3v) is 5.42. The Kier molecular flexibility index (Phi) is 5.81. The van der Waals surface area contributed by atoms with Gasteiger partial charge in [0.25, 0.3) is 0 Å². The first kappa shape index (κ1) is 15.7. The highest BCUT2D eigenvalue weighted by Gasteiger charge is 2.22. The van der Waals surface area contributed by atoms with E-state index in [0.29, 0.717) is 12.6 Å². The minimum atomic E-state index is 0.625. The Morgan fingerprint density at radius 3 is 2.50 bits per heavy atom. The predicted octanol–water partition coefficient (Wildman–Crippen LogP) is 2.47. The van der Waals surface area contributed by atoms with Crippen LogP contribution in [-0.4, -0.2) is 42.1 Å². The first-order valence-electron chi connectivity index (χ1n) is 7.87. The van der Waals surface area contributed by atoms with Crippen molar-refractivity contribution >= 4 is 16.5 Å². The van der Waals surface area contributed by atoms with Crippen molar-refractivity contribution in [2.45, 2.75) is 52.6 Å². The number of anilines is 1. The van der Waals surface area contributed by atoms with Gasteiger partial charge in [0.15, 0.2) is 5.13 Å². The third-order valence-electron chi connectivity index (χ3n) is 4.24. The summed E-state index contributed by atoms with van der Waals surface area (Å²) in [5.74, 6) is 0. The number of aromatic nitrogens is 1. The molecule has 0 aliphatic carbocycles. The van der Waals surface area contributed by atoms with E-state index in [4.69, 9.17) is 10.7 Å². The number of piperazine rings is 1. The summed E-state index contributed by atoms with van der Waals surface area (Å²) >= 11 is 1.79. The predicted molar refractivity (Wildman–Crippen MR) is 87.5 cm³/mol. The van der Waals surface area contributed by atoms with E-state index < -0.39 is 0 Å². The van der Waals surface area contributed by atoms with Crippen LogP contribution in [0.4, 0.5) is 5.13 Å². The van der Waals surface area contributed by atoms with Gasteiger partial charge in [0.05, 0.1) is 5.69 Å². The lowest BCUT2D eigenvalue weighted by molar-refractivity contribution is 0.193. The molecule has 1 fully saturated rings. The average molecular weight is 296 g/mol. The second kappa shape index (κ2) is 7.38. The van der Waals surface area contributed by atoms with Crippen LogP contribution in [0.15, 0.2) is 0 Å². The molecule has 0 saturated carbocycles. The average Bonchev–Trinajstić information content (AvgIpc) is 2.90. The molecule has 20 heavy (non-hydrogen) atoms. The van der Waals surface area contributed by atoms with Crippen LogP contribution >= 0.6 is 11.3 Å². The fraction of sp³-hybridized carbons (Fsp3) is 0.800. The van der Waals surface area contributed by atoms with Gasteiger partial charge in [0.2, 0.25) is 0 Å². The molecular weight excluding hydrogens is 268 g/mol. The molecule has 5 heteroatoms. The fourth-order valence-electron chi connectivity index (χ4n) is 2.71. The summed E-state index contributed by atoms with van der Waals surface area (Å²) in [6, 6.07) is 0.698. The summed E-state index contributed by atoms with van der Waals surface area (Å²) in [5.41, 5.74) is 7.07. The van der Waals surface area contributed by atoms with E-state index in [2.05, 4.69) is 30.6 Å². The molecule has 1 atom stereocenters. The lowest BCUT2D eigenvalue weighted by atomic mass is 10.2. The zero-order valence-corrected chi connectivity index (χ0v) is 13.9. The summed E-state index contributed by atoms with van der Waals surface area (Å²) in [6.07, 6.45) is 3.42. The number of nitrogens with zero attached hydrogens (tertiary/aromatic N) is 3. The molecule has 0 bridgehead atoms. The summed E-state index contributed by atoms with van der Waals surface area (Å²) in [5, 5.41) is 1.18. The van der Waals surface area contributed by atoms with Crippen LogP contribution in [0.3, 0.4) is 0 Å². The van der Waals surface area contributed by atoms with Gasteiger partial charge in [-0.2, -0.15) is 0 Å². The minimum absolute atomic E-state index is 0.625. The Bertz CT molecular complexity index is 410. The topological polar surface area (TPSA) is 45.4 Å². The van der Waals surface area contributed by atoms with Gasteiger partial charge >= 0.3 is 0 Å². The SMILES string of the molecule is CCCc1nc(N2CCN(C(C)CC)CC2)sc1CN. The molecule has 1 saturated heterocycles. The number of nitrogens with two attached hydrogens (primary N) is 1. The van der Waals surface area contributed by atoms with E-state index in [1.54, 1.807) is 11.3 Å². The monoisotopic (exact) mass is 296 g/mol. The lowest BCUT2D eigenvalue weighted by Gasteiger charge is -2.37. The molecular formula is C15H28N4S. The Morgan fingerprint density at radius 2 is 1.95 bits per heavy atom. The van der Waals surface area contributed by atoms with Gasteiger partial charge in [-0.15, -0.1) is 11.3 Å². The Balaban J connectivity index is 1.99. The van der Waals surface area contributed by atoms with Gasteiger partial charge in [-0.3, -0.25) is 4.90 Å². The van der Waals surface area contributed by atoms with Gasteiger partial charge in [-0.05, 0) is 19.8 Å². The van der Waals surface area contributed by atoms with Crippen LogP contribution in [0.25, 0.3) is 0 Å². The fourth-order valence-corrected chi connectivity index (χ4v) is 3.75. The van der Waals surface area contributed by atoms with Crippen LogP contribution < -0.4 is 10.6 Å². The maximum atomic E-state index is 5.85. The van der Waals surface area contributed by atoms with Crippen LogP contribution in [0, 0.1) is 0 Å². The van der Waals surface area contributed by atoms with E-state index in [0.717, 1.165) is 39.0 Å². The van der Waals surface area contributed by atoms with Crippen LogP contribution in [0.2, 0.25) is 0 Å². The molecule has 2 heterocycles. The maximum absolute atomic E-state index is 5.85. The molecule has 4 nitrogen and oxygen atoms in total. The Labute approximate surface area is 127 Å². The van der Waals surface area contributed by atoms with Crippen molar-refractivity contribution < 1.29 is 0 Å². The molecule has 114 valence electrons. The van der Waals surface area contributed by atoms with Crippen molar-refractivity contribution in [1.82, 2.24) is 9.88 Å². The molecule has 1 aliphatic rings. The largest absolute Gasteiger partial charge is 0.346 e. The number of hydrogen-bond acceptors (Lipinski definition) is 5. The summed E-state index contributed by atoms with van der Waals surface area (Å²) < 4.78 is 0. The molecule has 1 aromatic rings. The van der Waals surface area contributed by atoms with E-state index >= 15 is 0 Å². The second-order valence-electron chi connectivity index (χ2n) is 5.60.